The Hall–Kier alpha value is -1.65. The van der Waals surface area contributed by atoms with E-state index in [1.807, 2.05) is 17.5 Å². The van der Waals surface area contributed by atoms with E-state index in [4.69, 9.17) is 0 Å². The molecule has 0 bridgehead atoms. The number of nitrogens with one attached hydrogen (secondary N) is 1. The molecule has 1 amide bonds. The largest absolute Gasteiger partial charge is 0.349 e. The molecule has 22 heavy (non-hydrogen) atoms. The van der Waals surface area contributed by atoms with E-state index in [1.165, 1.54) is 35.3 Å². The molecule has 1 atom stereocenters. The molecule has 0 radical (unpaired) electrons. The molecular formula is C18H22N2OS. The highest BCUT2D eigenvalue weighted by Gasteiger charge is 2.24. The van der Waals surface area contributed by atoms with Crippen LogP contribution >= 0.6 is 11.3 Å². The van der Waals surface area contributed by atoms with Crippen LogP contribution in [0.2, 0.25) is 0 Å². The van der Waals surface area contributed by atoms with E-state index in [2.05, 4.69) is 41.4 Å². The summed E-state index contributed by atoms with van der Waals surface area (Å²) in [6.07, 6.45) is 2.50. The monoisotopic (exact) mass is 314 g/mol. The van der Waals surface area contributed by atoms with Crippen molar-refractivity contribution in [2.24, 2.45) is 0 Å². The second-order valence-electron chi connectivity index (χ2n) is 5.86. The molecule has 0 aliphatic carbocycles. The zero-order chi connectivity index (χ0) is 15.4. The van der Waals surface area contributed by atoms with Crippen LogP contribution in [-0.4, -0.2) is 30.4 Å². The minimum Gasteiger partial charge on any atom is -0.349 e. The van der Waals surface area contributed by atoms with Gasteiger partial charge in [-0.15, -0.1) is 11.3 Å². The van der Waals surface area contributed by atoms with E-state index in [0.717, 1.165) is 18.0 Å². The number of aryl methyl sites for hydroxylation is 1. The first-order chi connectivity index (χ1) is 10.7. The van der Waals surface area contributed by atoms with E-state index < -0.39 is 0 Å². The summed E-state index contributed by atoms with van der Waals surface area (Å²) in [4.78, 5) is 15.5. The Balaban J connectivity index is 1.71. The van der Waals surface area contributed by atoms with Gasteiger partial charge in [-0.25, -0.2) is 0 Å². The van der Waals surface area contributed by atoms with Crippen LogP contribution in [0.5, 0.6) is 0 Å². The van der Waals surface area contributed by atoms with Gasteiger partial charge in [-0.1, -0.05) is 35.9 Å². The summed E-state index contributed by atoms with van der Waals surface area (Å²) in [6, 6.07) is 12.7. The number of amides is 1. The molecular weight excluding hydrogens is 292 g/mol. The molecule has 3 rings (SSSR count). The zero-order valence-corrected chi connectivity index (χ0v) is 13.7. The van der Waals surface area contributed by atoms with Gasteiger partial charge in [0.2, 0.25) is 0 Å². The average molecular weight is 314 g/mol. The highest BCUT2D eigenvalue weighted by Crippen LogP contribution is 2.25. The normalized spacial score (nSPS) is 16.6. The molecule has 2 heterocycles. The Morgan fingerprint density at radius 2 is 1.95 bits per heavy atom. The maximum atomic E-state index is 12.2. The third kappa shape index (κ3) is 3.57. The number of nitrogens with zero attached hydrogens (tertiary/aromatic N) is 1. The number of hydrogen-bond acceptors (Lipinski definition) is 3. The molecule has 1 aliphatic heterocycles. The first-order valence-corrected chi connectivity index (χ1v) is 8.74. The van der Waals surface area contributed by atoms with Crippen LogP contribution < -0.4 is 5.32 Å². The van der Waals surface area contributed by atoms with E-state index in [9.17, 15) is 4.79 Å². The van der Waals surface area contributed by atoms with Gasteiger partial charge in [-0.05, 0) is 49.9 Å². The highest BCUT2D eigenvalue weighted by atomic mass is 32.1. The highest BCUT2D eigenvalue weighted by molar-refractivity contribution is 7.12. The van der Waals surface area contributed by atoms with E-state index in [-0.39, 0.29) is 11.9 Å². The Bertz CT molecular complexity index is 601. The molecule has 0 saturated carbocycles. The van der Waals surface area contributed by atoms with Crippen LogP contribution in [0.4, 0.5) is 0 Å². The molecule has 4 heteroatoms. The number of carbonyl (C=O) groups is 1. The first-order valence-electron chi connectivity index (χ1n) is 7.86. The summed E-state index contributed by atoms with van der Waals surface area (Å²) < 4.78 is 0. The molecule has 1 aromatic heterocycles. The number of hydrogen-bond donors (Lipinski definition) is 1. The fourth-order valence-electron chi connectivity index (χ4n) is 2.98. The minimum atomic E-state index is 0.0336. The van der Waals surface area contributed by atoms with Crippen molar-refractivity contribution in [3.05, 3.63) is 57.8 Å². The Morgan fingerprint density at radius 1 is 1.23 bits per heavy atom. The summed E-state index contributed by atoms with van der Waals surface area (Å²) in [7, 11) is 0. The van der Waals surface area contributed by atoms with Crippen LogP contribution in [-0.2, 0) is 0 Å². The summed E-state index contributed by atoms with van der Waals surface area (Å²) in [5, 5.41) is 5.04. The Morgan fingerprint density at radius 3 is 2.59 bits per heavy atom. The molecule has 0 unspecified atom stereocenters. The van der Waals surface area contributed by atoms with Crippen molar-refractivity contribution in [1.82, 2.24) is 10.2 Å². The number of carbonyl (C=O) groups excluding carboxylic acids is 1. The average Bonchev–Trinajstić information content (AvgIpc) is 3.22. The Kier molecular flexibility index (Phi) is 4.90. The van der Waals surface area contributed by atoms with Crippen molar-refractivity contribution in [1.29, 1.82) is 0 Å². The molecule has 2 aromatic rings. The zero-order valence-electron chi connectivity index (χ0n) is 12.9. The van der Waals surface area contributed by atoms with Gasteiger partial charge < -0.3 is 5.32 Å². The van der Waals surface area contributed by atoms with Crippen LogP contribution in [0.1, 0.15) is 39.7 Å². The lowest BCUT2D eigenvalue weighted by Crippen LogP contribution is -2.36. The third-order valence-electron chi connectivity index (χ3n) is 4.24. The predicted molar refractivity (Wildman–Crippen MR) is 91.4 cm³/mol. The molecule has 1 saturated heterocycles. The second-order valence-corrected chi connectivity index (χ2v) is 6.80. The van der Waals surface area contributed by atoms with Crippen molar-refractivity contribution < 1.29 is 4.79 Å². The van der Waals surface area contributed by atoms with Gasteiger partial charge in [-0.2, -0.15) is 0 Å². The van der Waals surface area contributed by atoms with Crippen LogP contribution in [0.25, 0.3) is 0 Å². The molecule has 1 N–H and O–H groups in total. The summed E-state index contributed by atoms with van der Waals surface area (Å²) in [5.74, 6) is 0.0336. The minimum absolute atomic E-state index is 0.0336. The number of thiophene rings is 1. The van der Waals surface area contributed by atoms with Crippen LogP contribution in [0.3, 0.4) is 0 Å². The van der Waals surface area contributed by atoms with Crippen LogP contribution in [0.15, 0.2) is 41.8 Å². The molecule has 0 spiro atoms. The van der Waals surface area contributed by atoms with E-state index in [0.29, 0.717) is 6.54 Å². The molecule has 1 aliphatic rings. The second kappa shape index (κ2) is 7.07. The van der Waals surface area contributed by atoms with Gasteiger partial charge >= 0.3 is 0 Å². The maximum absolute atomic E-state index is 12.2. The number of rotatable bonds is 5. The summed E-state index contributed by atoms with van der Waals surface area (Å²) in [5.41, 5.74) is 2.56. The standard InChI is InChI=1S/C18H22N2OS/c1-14-6-8-15(9-7-14)16(20-10-2-3-11-20)13-19-18(21)17-5-4-12-22-17/h4-9,12,16H,2-3,10-11,13H2,1H3,(H,19,21)/t16-/m1/s1. The van der Waals surface area contributed by atoms with Gasteiger partial charge in [0.15, 0.2) is 0 Å². The molecule has 1 aromatic carbocycles. The summed E-state index contributed by atoms with van der Waals surface area (Å²) in [6.45, 7) is 5.01. The molecule has 1 fully saturated rings. The predicted octanol–water partition coefficient (Wildman–Crippen LogP) is 3.62. The van der Waals surface area contributed by atoms with E-state index >= 15 is 0 Å². The fraction of sp³-hybridized carbons (Fsp3) is 0.389. The topological polar surface area (TPSA) is 32.3 Å². The van der Waals surface area contributed by atoms with E-state index in [1.54, 1.807) is 0 Å². The van der Waals surface area contributed by atoms with Crippen molar-refractivity contribution in [3.8, 4) is 0 Å². The van der Waals surface area contributed by atoms with Crippen molar-refractivity contribution in [2.45, 2.75) is 25.8 Å². The van der Waals surface area contributed by atoms with Crippen LogP contribution in [0, 0.1) is 6.92 Å². The SMILES string of the molecule is Cc1ccc([C@@H](CNC(=O)c2cccs2)N2CCCC2)cc1. The third-order valence-corrected chi connectivity index (χ3v) is 5.11. The lowest BCUT2D eigenvalue weighted by atomic mass is 10.0. The molecule has 3 nitrogen and oxygen atoms in total. The van der Waals surface area contributed by atoms with Crippen molar-refractivity contribution in [2.75, 3.05) is 19.6 Å². The first kappa shape index (κ1) is 15.3. The van der Waals surface area contributed by atoms with Gasteiger partial charge in [0, 0.05) is 6.54 Å². The van der Waals surface area contributed by atoms with Gasteiger partial charge in [0.25, 0.3) is 5.91 Å². The quantitative estimate of drug-likeness (QED) is 0.914. The lowest BCUT2D eigenvalue weighted by molar-refractivity contribution is 0.0942. The van der Waals surface area contributed by atoms with Gasteiger partial charge in [0.1, 0.15) is 0 Å². The smallest absolute Gasteiger partial charge is 0.261 e. The maximum Gasteiger partial charge on any atom is 0.261 e. The fourth-order valence-corrected chi connectivity index (χ4v) is 3.62. The van der Waals surface area contributed by atoms with Gasteiger partial charge in [-0.3, -0.25) is 9.69 Å². The number of benzene rings is 1. The summed E-state index contributed by atoms with van der Waals surface area (Å²) >= 11 is 1.49. The molecule has 116 valence electrons. The lowest BCUT2D eigenvalue weighted by Gasteiger charge is -2.28. The Labute approximate surface area is 136 Å². The number of likely N-dealkylation sites (tertiary alicyclic amines) is 1. The van der Waals surface area contributed by atoms with Crippen molar-refractivity contribution in [3.63, 3.8) is 0 Å². The van der Waals surface area contributed by atoms with Crippen molar-refractivity contribution >= 4 is 17.2 Å². The van der Waals surface area contributed by atoms with Gasteiger partial charge in [0.05, 0.1) is 10.9 Å².